The van der Waals surface area contributed by atoms with Crippen molar-refractivity contribution in [3.8, 4) is 22.9 Å². The molecule has 1 atom stereocenters. The first-order valence-electron chi connectivity index (χ1n) is 14.1. The number of aliphatic carboxylic acids is 1. The first-order chi connectivity index (χ1) is 19.7. The van der Waals surface area contributed by atoms with Crippen LogP contribution in [0.3, 0.4) is 0 Å². The highest BCUT2D eigenvalue weighted by Crippen LogP contribution is 2.31. The van der Waals surface area contributed by atoms with Crippen molar-refractivity contribution in [3.05, 3.63) is 58.3 Å². The third-order valence-electron chi connectivity index (χ3n) is 7.86. The van der Waals surface area contributed by atoms with Gasteiger partial charge in [0.25, 0.3) is 0 Å². The van der Waals surface area contributed by atoms with E-state index < -0.39 is 5.97 Å². The van der Waals surface area contributed by atoms with Crippen molar-refractivity contribution in [1.82, 2.24) is 24.8 Å². The van der Waals surface area contributed by atoms with Gasteiger partial charge in [-0.2, -0.15) is 0 Å². The van der Waals surface area contributed by atoms with Crippen molar-refractivity contribution in [3.63, 3.8) is 0 Å². The number of piperazine rings is 1. The van der Waals surface area contributed by atoms with Gasteiger partial charge in [-0.3, -0.25) is 9.69 Å². The Morgan fingerprint density at radius 1 is 1.00 bits per heavy atom. The Labute approximate surface area is 251 Å². The van der Waals surface area contributed by atoms with Crippen LogP contribution in [0.25, 0.3) is 11.3 Å². The van der Waals surface area contributed by atoms with Crippen molar-refractivity contribution >= 4 is 35.1 Å². The molecule has 0 spiro atoms. The summed E-state index contributed by atoms with van der Waals surface area (Å²) in [6.45, 7) is 8.08. The van der Waals surface area contributed by atoms with E-state index in [9.17, 15) is 9.90 Å². The van der Waals surface area contributed by atoms with E-state index in [-0.39, 0.29) is 5.92 Å². The highest BCUT2D eigenvalue weighted by molar-refractivity contribution is 6.35. The molecule has 0 radical (unpaired) electrons. The molecule has 1 aromatic carbocycles. The molecule has 2 aromatic heterocycles. The molecule has 2 saturated heterocycles. The number of carboxylic acid groups (broad SMARTS) is 1. The number of hydrogen-bond donors (Lipinski definition) is 1. The van der Waals surface area contributed by atoms with Gasteiger partial charge in [0.1, 0.15) is 0 Å². The lowest BCUT2D eigenvalue weighted by atomic mass is 9.88. The molecule has 2 aliphatic heterocycles. The predicted molar refractivity (Wildman–Crippen MR) is 161 cm³/mol. The molecule has 4 heterocycles. The lowest BCUT2D eigenvalue weighted by molar-refractivity contribution is -0.141. The summed E-state index contributed by atoms with van der Waals surface area (Å²) in [6, 6.07) is 9.37. The fourth-order valence-corrected chi connectivity index (χ4v) is 5.97. The van der Waals surface area contributed by atoms with E-state index >= 15 is 0 Å². The lowest BCUT2D eigenvalue weighted by Crippen LogP contribution is -2.45. The van der Waals surface area contributed by atoms with Crippen LogP contribution < -0.4 is 9.64 Å². The Bertz CT molecular complexity index is 1320. The van der Waals surface area contributed by atoms with Gasteiger partial charge in [-0.1, -0.05) is 30.1 Å². The number of anilines is 1. The van der Waals surface area contributed by atoms with Gasteiger partial charge in [-0.15, -0.1) is 0 Å². The summed E-state index contributed by atoms with van der Waals surface area (Å²) in [5, 5.41) is 10.3. The maximum Gasteiger partial charge on any atom is 0.306 e. The molecule has 2 fully saturated rings. The maximum absolute atomic E-state index is 11.3. The van der Waals surface area contributed by atoms with Gasteiger partial charge in [-0.05, 0) is 75.1 Å². The lowest BCUT2D eigenvalue weighted by Gasteiger charge is -2.32. The number of nitrogens with zero attached hydrogens (tertiary/aromatic N) is 6. The minimum absolute atomic E-state index is 0.307. The first kappa shape index (κ1) is 29.5. The van der Waals surface area contributed by atoms with Crippen molar-refractivity contribution in [2.45, 2.75) is 32.7 Å². The molecule has 1 N–H and O–H groups in total. The fourth-order valence-electron chi connectivity index (χ4n) is 5.44. The summed E-state index contributed by atoms with van der Waals surface area (Å²) in [5.41, 5.74) is 2.56. The molecule has 0 saturated carbocycles. The van der Waals surface area contributed by atoms with Crippen LogP contribution in [0, 0.1) is 11.8 Å². The van der Waals surface area contributed by atoms with Crippen molar-refractivity contribution in [2.75, 3.05) is 51.2 Å². The Hall–Kier alpha value is -2.98. The smallest absolute Gasteiger partial charge is 0.306 e. The number of pyridine rings is 1. The number of piperidine rings is 1. The van der Waals surface area contributed by atoms with Crippen LogP contribution in [-0.2, 0) is 11.3 Å². The number of likely N-dealkylation sites (tertiary alicyclic amines) is 1. The molecule has 3 aromatic rings. The summed E-state index contributed by atoms with van der Waals surface area (Å²) in [4.78, 5) is 32.0. The Kier molecular flexibility index (Phi) is 9.60. The molecule has 2 aliphatic rings. The molecule has 0 aliphatic carbocycles. The monoisotopic (exact) mass is 598 g/mol. The molecule has 11 heteroatoms. The maximum atomic E-state index is 11.3. The molecular weight excluding hydrogens is 563 g/mol. The molecule has 218 valence electrons. The number of benzene rings is 1. The third kappa shape index (κ3) is 8.07. The van der Waals surface area contributed by atoms with Gasteiger partial charge in [0, 0.05) is 54.4 Å². The molecule has 0 amide bonds. The average Bonchev–Trinajstić information content (AvgIpc) is 2.94. The number of hydrogen-bond acceptors (Lipinski definition) is 8. The van der Waals surface area contributed by atoms with E-state index in [1.165, 1.54) is 0 Å². The van der Waals surface area contributed by atoms with Crippen molar-refractivity contribution in [2.24, 2.45) is 11.8 Å². The molecule has 5 rings (SSSR count). The van der Waals surface area contributed by atoms with Gasteiger partial charge in [0.2, 0.25) is 11.8 Å². The molecule has 0 bridgehead atoms. The largest absolute Gasteiger partial charge is 0.481 e. The number of ether oxygens (including phenoxy) is 1. The van der Waals surface area contributed by atoms with E-state index in [2.05, 4.69) is 31.7 Å². The number of aromatic nitrogens is 3. The van der Waals surface area contributed by atoms with Crippen LogP contribution in [0.1, 0.15) is 31.7 Å². The SMILES string of the molecule is C[C@H](CC1CCN(Cc2cc(Oc3cnc(N4CCN(C)CC4)nc3)nc(-c3cc(Cl)cc(Cl)c3)c2)CC1)C(=O)O. The normalized spacial score (nSPS) is 17.9. The van der Waals surface area contributed by atoms with E-state index in [4.69, 9.17) is 32.9 Å². The molecular formula is C30H36Cl2N6O3. The summed E-state index contributed by atoms with van der Waals surface area (Å²) in [5.74, 6) is 1.06. The van der Waals surface area contributed by atoms with E-state index in [0.717, 1.165) is 76.2 Å². The van der Waals surface area contributed by atoms with Crippen molar-refractivity contribution in [1.29, 1.82) is 0 Å². The quantitative estimate of drug-likeness (QED) is 0.332. The van der Waals surface area contributed by atoms with Crippen LogP contribution >= 0.6 is 23.2 Å². The van der Waals surface area contributed by atoms with E-state index in [1.807, 2.05) is 24.3 Å². The number of halogens is 2. The summed E-state index contributed by atoms with van der Waals surface area (Å²) in [6.07, 6.45) is 6.08. The van der Waals surface area contributed by atoms with Crippen LogP contribution in [0.15, 0.2) is 42.7 Å². The minimum Gasteiger partial charge on any atom is -0.481 e. The zero-order valence-electron chi connectivity index (χ0n) is 23.5. The third-order valence-corrected chi connectivity index (χ3v) is 8.30. The summed E-state index contributed by atoms with van der Waals surface area (Å²) in [7, 11) is 2.12. The van der Waals surface area contributed by atoms with E-state index in [1.54, 1.807) is 25.4 Å². The standard InChI is InChI=1S/C30H36Cl2N6O3/c1-20(29(39)40)11-21-3-5-37(6-4-21)19-22-12-27(23-14-24(31)16-25(32)15-23)35-28(13-22)41-26-17-33-30(34-18-26)38-9-7-36(2)8-10-38/h12-18,20-21H,3-11,19H2,1-2H3,(H,39,40)/t20-/m1/s1. The highest BCUT2D eigenvalue weighted by Gasteiger charge is 2.24. The second kappa shape index (κ2) is 13.3. The van der Waals surface area contributed by atoms with E-state index in [0.29, 0.717) is 39.2 Å². The van der Waals surface area contributed by atoms with Crippen LogP contribution in [0.2, 0.25) is 10.0 Å². The number of likely N-dealkylation sites (N-methyl/N-ethyl adjacent to an activating group) is 1. The zero-order valence-corrected chi connectivity index (χ0v) is 25.0. The van der Waals surface area contributed by atoms with Gasteiger partial charge in [0.05, 0.1) is 24.0 Å². The Morgan fingerprint density at radius 3 is 2.29 bits per heavy atom. The number of rotatable bonds is 9. The molecule has 9 nitrogen and oxygen atoms in total. The van der Waals surface area contributed by atoms with Crippen LogP contribution in [0.4, 0.5) is 5.95 Å². The summed E-state index contributed by atoms with van der Waals surface area (Å²) >= 11 is 12.6. The van der Waals surface area contributed by atoms with Crippen LogP contribution in [0.5, 0.6) is 11.6 Å². The highest BCUT2D eigenvalue weighted by atomic mass is 35.5. The average molecular weight is 600 g/mol. The topological polar surface area (TPSA) is 94.9 Å². The number of carboxylic acids is 1. The predicted octanol–water partition coefficient (Wildman–Crippen LogP) is 5.71. The van der Waals surface area contributed by atoms with Gasteiger partial charge >= 0.3 is 5.97 Å². The second-order valence-corrected chi connectivity index (χ2v) is 12.0. The minimum atomic E-state index is -0.718. The fraction of sp³-hybridized carbons (Fsp3) is 0.467. The summed E-state index contributed by atoms with van der Waals surface area (Å²) < 4.78 is 6.17. The van der Waals surface area contributed by atoms with Gasteiger partial charge in [-0.25, -0.2) is 15.0 Å². The molecule has 41 heavy (non-hydrogen) atoms. The number of carbonyl (C=O) groups is 1. The second-order valence-electron chi connectivity index (χ2n) is 11.2. The zero-order chi connectivity index (χ0) is 28.9. The van der Waals surface area contributed by atoms with Crippen LogP contribution in [-0.4, -0.2) is 82.1 Å². The Morgan fingerprint density at radius 2 is 1.66 bits per heavy atom. The van der Waals surface area contributed by atoms with Crippen molar-refractivity contribution < 1.29 is 14.6 Å². The van der Waals surface area contributed by atoms with Gasteiger partial charge < -0.3 is 19.6 Å². The first-order valence-corrected chi connectivity index (χ1v) is 14.8. The van der Waals surface area contributed by atoms with Gasteiger partial charge in [0.15, 0.2) is 5.75 Å². The Balaban J connectivity index is 1.32. The molecule has 0 unspecified atom stereocenters.